The van der Waals surface area contributed by atoms with Crippen molar-refractivity contribution in [3.63, 3.8) is 0 Å². The van der Waals surface area contributed by atoms with Crippen molar-refractivity contribution < 1.29 is 18.0 Å². The topological polar surface area (TPSA) is 86.8 Å². The first-order chi connectivity index (χ1) is 16.0. The van der Waals surface area contributed by atoms with Gasteiger partial charge in [0.15, 0.2) is 0 Å². The highest BCUT2D eigenvalue weighted by Gasteiger charge is 2.29. The summed E-state index contributed by atoms with van der Waals surface area (Å²) in [6.07, 6.45) is 2.00. The molecule has 186 valence electrons. The molecule has 34 heavy (non-hydrogen) atoms. The fourth-order valence-corrected chi connectivity index (χ4v) is 5.10. The van der Waals surface area contributed by atoms with Gasteiger partial charge in [-0.3, -0.25) is 13.9 Å². The smallest absolute Gasteiger partial charge is 0.242 e. The maximum Gasteiger partial charge on any atom is 0.242 e. The van der Waals surface area contributed by atoms with E-state index in [1.807, 2.05) is 45.0 Å². The zero-order valence-electron chi connectivity index (χ0n) is 20.5. The van der Waals surface area contributed by atoms with E-state index in [-0.39, 0.29) is 31.3 Å². The highest BCUT2D eigenvalue weighted by Crippen LogP contribution is 2.26. The molecular formula is C25H34ClN3O4S. The van der Waals surface area contributed by atoms with Crippen LogP contribution in [0.5, 0.6) is 0 Å². The number of hydrogen-bond donors (Lipinski definition) is 1. The average Bonchev–Trinajstić information content (AvgIpc) is 2.78. The molecule has 0 aliphatic carbocycles. The fourth-order valence-electron chi connectivity index (χ4n) is 3.88. The van der Waals surface area contributed by atoms with Crippen molar-refractivity contribution in [3.05, 3.63) is 64.2 Å². The van der Waals surface area contributed by atoms with E-state index in [2.05, 4.69) is 5.32 Å². The Bertz CT molecular complexity index is 1120. The van der Waals surface area contributed by atoms with E-state index in [1.165, 1.54) is 22.5 Å². The highest BCUT2D eigenvalue weighted by molar-refractivity contribution is 7.92. The molecule has 0 aliphatic rings. The van der Waals surface area contributed by atoms with Gasteiger partial charge in [-0.2, -0.15) is 0 Å². The summed E-state index contributed by atoms with van der Waals surface area (Å²) in [6.45, 7) is 6.01. The van der Waals surface area contributed by atoms with Crippen LogP contribution in [0.1, 0.15) is 42.9 Å². The van der Waals surface area contributed by atoms with E-state index < -0.39 is 16.1 Å². The third kappa shape index (κ3) is 6.96. The molecule has 2 amide bonds. The summed E-state index contributed by atoms with van der Waals surface area (Å²) in [5, 5.41) is 3.14. The van der Waals surface area contributed by atoms with E-state index in [9.17, 15) is 18.0 Å². The minimum absolute atomic E-state index is 0.0921. The van der Waals surface area contributed by atoms with Crippen LogP contribution in [-0.4, -0.2) is 51.0 Å². The summed E-state index contributed by atoms with van der Waals surface area (Å²) < 4.78 is 26.4. The molecule has 0 saturated carbocycles. The second kappa shape index (κ2) is 12.2. The quantitative estimate of drug-likeness (QED) is 0.497. The Balaban J connectivity index is 2.24. The number of carbonyl (C=O) groups is 2. The number of carbonyl (C=O) groups excluding carboxylic acids is 2. The maximum atomic E-state index is 13.3. The van der Waals surface area contributed by atoms with Gasteiger partial charge in [0.05, 0.1) is 11.9 Å². The molecule has 0 saturated heterocycles. The van der Waals surface area contributed by atoms with Gasteiger partial charge in [0.2, 0.25) is 21.8 Å². The largest absolute Gasteiger partial charge is 0.357 e. The van der Waals surface area contributed by atoms with Crippen LogP contribution in [0.25, 0.3) is 0 Å². The molecule has 2 rings (SSSR count). The number of rotatable bonds is 11. The summed E-state index contributed by atoms with van der Waals surface area (Å²) in [7, 11) is -2.00. The summed E-state index contributed by atoms with van der Waals surface area (Å²) in [5.41, 5.74) is 3.22. The Hall–Kier alpha value is -2.58. The van der Waals surface area contributed by atoms with Crippen LogP contribution in [0.2, 0.25) is 5.02 Å². The molecule has 9 heteroatoms. The van der Waals surface area contributed by atoms with Gasteiger partial charge in [0.1, 0.15) is 6.04 Å². The van der Waals surface area contributed by atoms with Crippen molar-refractivity contribution in [1.82, 2.24) is 10.2 Å². The Labute approximate surface area is 208 Å². The Morgan fingerprint density at radius 1 is 1.09 bits per heavy atom. The summed E-state index contributed by atoms with van der Waals surface area (Å²) in [6, 6.07) is 12.1. The molecule has 0 fully saturated rings. The monoisotopic (exact) mass is 507 g/mol. The first-order valence-corrected chi connectivity index (χ1v) is 13.5. The highest BCUT2D eigenvalue weighted by atomic mass is 35.5. The summed E-state index contributed by atoms with van der Waals surface area (Å²) in [4.78, 5) is 27.3. The zero-order valence-corrected chi connectivity index (χ0v) is 22.0. The zero-order chi connectivity index (χ0) is 25.5. The predicted molar refractivity (Wildman–Crippen MR) is 137 cm³/mol. The minimum Gasteiger partial charge on any atom is -0.357 e. The number of anilines is 1. The number of halogens is 1. The first-order valence-electron chi connectivity index (χ1n) is 11.3. The maximum absolute atomic E-state index is 13.3. The van der Waals surface area contributed by atoms with Crippen molar-refractivity contribution in [3.8, 4) is 0 Å². The van der Waals surface area contributed by atoms with Crippen molar-refractivity contribution in [2.75, 3.05) is 24.2 Å². The van der Waals surface area contributed by atoms with E-state index >= 15 is 0 Å². The van der Waals surface area contributed by atoms with E-state index in [0.29, 0.717) is 23.6 Å². The van der Waals surface area contributed by atoms with Crippen LogP contribution in [-0.2, 0) is 26.2 Å². The lowest BCUT2D eigenvalue weighted by atomic mass is 10.1. The van der Waals surface area contributed by atoms with Gasteiger partial charge >= 0.3 is 0 Å². The van der Waals surface area contributed by atoms with Crippen molar-refractivity contribution >= 4 is 39.1 Å². The molecule has 0 aromatic heterocycles. The molecule has 0 radical (unpaired) electrons. The number of benzene rings is 2. The Morgan fingerprint density at radius 2 is 1.76 bits per heavy atom. The van der Waals surface area contributed by atoms with E-state index in [4.69, 9.17) is 11.6 Å². The van der Waals surface area contributed by atoms with Gasteiger partial charge in [0, 0.05) is 31.6 Å². The van der Waals surface area contributed by atoms with Crippen molar-refractivity contribution in [2.24, 2.45) is 0 Å². The molecule has 0 aliphatic heterocycles. The number of hydrogen-bond acceptors (Lipinski definition) is 4. The van der Waals surface area contributed by atoms with E-state index in [1.54, 1.807) is 18.2 Å². The normalized spacial score (nSPS) is 12.2. The summed E-state index contributed by atoms with van der Waals surface area (Å²) in [5.74, 6) is -0.485. The number of sulfonamides is 1. The van der Waals surface area contributed by atoms with Gasteiger partial charge in [0.25, 0.3) is 0 Å². The van der Waals surface area contributed by atoms with Crippen LogP contribution in [0, 0.1) is 13.8 Å². The number of amides is 2. The van der Waals surface area contributed by atoms with Crippen molar-refractivity contribution in [2.45, 2.75) is 52.6 Å². The lowest BCUT2D eigenvalue weighted by molar-refractivity contribution is -0.141. The van der Waals surface area contributed by atoms with Gasteiger partial charge in [-0.25, -0.2) is 8.42 Å². The molecule has 0 spiro atoms. The van der Waals surface area contributed by atoms with Crippen LogP contribution in [0.4, 0.5) is 5.69 Å². The van der Waals surface area contributed by atoms with Crippen molar-refractivity contribution in [1.29, 1.82) is 0 Å². The standard InChI is InChI=1S/C25H34ClN3O4S/c1-6-22(25(31)27-4)28(17-20-12-7-8-13-21(20)26)24(30)15-10-16-29(34(5,32)33)23-14-9-11-18(2)19(23)3/h7-9,11-14,22H,6,10,15-17H2,1-5H3,(H,27,31). The number of likely N-dealkylation sites (N-methyl/N-ethyl adjacent to an activating group) is 1. The molecule has 0 bridgehead atoms. The second-order valence-electron chi connectivity index (χ2n) is 8.31. The number of nitrogens with zero attached hydrogens (tertiary/aromatic N) is 2. The molecular weight excluding hydrogens is 474 g/mol. The lowest BCUT2D eigenvalue weighted by Crippen LogP contribution is -2.48. The van der Waals surface area contributed by atoms with Gasteiger partial charge in [-0.1, -0.05) is 48.9 Å². The third-order valence-electron chi connectivity index (χ3n) is 5.93. The lowest BCUT2D eigenvalue weighted by Gasteiger charge is -2.31. The number of nitrogens with one attached hydrogen (secondary N) is 1. The molecule has 1 N–H and O–H groups in total. The molecule has 0 heterocycles. The van der Waals surface area contributed by atoms with Crippen LogP contribution < -0.4 is 9.62 Å². The molecule has 2 aromatic rings. The first kappa shape index (κ1) is 27.7. The van der Waals surface area contributed by atoms with Crippen LogP contribution >= 0.6 is 11.6 Å². The summed E-state index contributed by atoms with van der Waals surface area (Å²) >= 11 is 6.31. The van der Waals surface area contributed by atoms with Crippen LogP contribution in [0.3, 0.4) is 0 Å². The van der Waals surface area contributed by atoms with E-state index in [0.717, 1.165) is 16.7 Å². The molecule has 7 nitrogen and oxygen atoms in total. The molecule has 1 unspecified atom stereocenters. The van der Waals surface area contributed by atoms with Crippen LogP contribution in [0.15, 0.2) is 42.5 Å². The average molecular weight is 508 g/mol. The molecule has 2 aromatic carbocycles. The van der Waals surface area contributed by atoms with Gasteiger partial charge < -0.3 is 10.2 Å². The SMILES string of the molecule is CCC(C(=O)NC)N(Cc1ccccc1Cl)C(=O)CCCN(c1cccc(C)c1C)S(C)(=O)=O. The van der Waals surface area contributed by atoms with Gasteiger partial charge in [-0.05, 0) is 55.5 Å². The minimum atomic E-state index is -3.54. The third-order valence-corrected chi connectivity index (χ3v) is 7.48. The second-order valence-corrected chi connectivity index (χ2v) is 10.6. The van der Waals surface area contributed by atoms with Gasteiger partial charge in [-0.15, -0.1) is 0 Å². The fraction of sp³-hybridized carbons (Fsp3) is 0.440. The molecule has 1 atom stereocenters. The Morgan fingerprint density at radius 3 is 2.35 bits per heavy atom. The number of aryl methyl sites for hydroxylation is 1. The predicted octanol–water partition coefficient (Wildman–Crippen LogP) is 4.06. The Kier molecular flexibility index (Phi) is 9.94.